The highest BCUT2D eigenvalue weighted by Gasteiger charge is 2.02. The molecular formula is C18H15ClN4O2. The van der Waals surface area contributed by atoms with Gasteiger partial charge in [0.2, 0.25) is 18.2 Å². The largest absolute Gasteiger partial charge is 0.428 e. The molecule has 1 aromatic carbocycles. The van der Waals surface area contributed by atoms with E-state index in [1.807, 2.05) is 24.3 Å². The van der Waals surface area contributed by atoms with Crippen LogP contribution in [0.1, 0.15) is 17.0 Å². The van der Waals surface area contributed by atoms with Gasteiger partial charge in [-0.1, -0.05) is 23.7 Å². The smallest absolute Gasteiger partial charge is 0.248 e. The minimum atomic E-state index is -0.237. The van der Waals surface area contributed by atoms with Crippen LogP contribution >= 0.6 is 11.6 Å². The number of rotatable bonds is 6. The molecule has 1 N–H and O–H groups in total. The van der Waals surface area contributed by atoms with E-state index >= 15 is 0 Å². The van der Waals surface area contributed by atoms with Crippen LogP contribution in [0.15, 0.2) is 59.6 Å². The standard InChI is InChI=1S/C18H15ClN4O2/c19-16-9-10-20-11-14(16)4-7-17(24)22-15-5-1-13(2-6-15)3-8-18-23-21-12-25-18/h1-2,4-7,9-12H,3,8H2,(H,22,24). The lowest BCUT2D eigenvalue weighted by Gasteiger charge is -2.04. The van der Waals surface area contributed by atoms with Crippen LogP contribution in [0.5, 0.6) is 0 Å². The average Bonchev–Trinajstić information content (AvgIpc) is 3.14. The normalized spacial score (nSPS) is 10.9. The van der Waals surface area contributed by atoms with E-state index in [0.717, 1.165) is 12.0 Å². The van der Waals surface area contributed by atoms with Crippen molar-refractivity contribution in [3.63, 3.8) is 0 Å². The van der Waals surface area contributed by atoms with Crippen molar-refractivity contribution in [3.8, 4) is 0 Å². The maximum absolute atomic E-state index is 12.0. The summed E-state index contributed by atoms with van der Waals surface area (Å²) in [4.78, 5) is 15.9. The first-order valence-corrected chi connectivity index (χ1v) is 8.01. The molecule has 0 saturated heterocycles. The number of carbonyl (C=O) groups excluding carboxylic acids is 1. The van der Waals surface area contributed by atoms with Crippen molar-refractivity contribution in [3.05, 3.63) is 77.2 Å². The van der Waals surface area contributed by atoms with Crippen molar-refractivity contribution in [2.24, 2.45) is 0 Å². The molecule has 0 spiro atoms. The Morgan fingerprint density at radius 1 is 1.20 bits per heavy atom. The summed E-state index contributed by atoms with van der Waals surface area (Å²) in [6.07, 6.45) is 9.04. The Balaban J connectivity index is 1.54. The number of halogens is 1. The lowest BCUT2D eigenvalue weighted by Crippen LogP contribution is -2.07. The molecule has 7 heteroatoms. The Bertz CT molecular complexity index is 861. The van der Waals surface area contributed by atoms with Crippen LogP contribution in [0.2, 0.25) is 5.02 Å². The molecule has 0 bridgehead atoms. The monoisotopic (exact) mass is 354 g/mol. The maximum atomic E-state index is 12.0. The summed E-state index contributed by atoms with van der Waals surface area (Å²) in [5.41, 5.74) is 2.53. The number of amides is 1. The average molecular weight is 355 g/mol. The molecule has 0 aliphatic rings. The fourth-order valence-electron chi connectivity index (χ4n) is 2.17. The Kier molecular flexibility index (Phi) is 5.53. The summed E-state index contributed by atoms with van der Waals surface area (Å²) < 4.78 is 5.10. The molecule has 126 valence electrons. The third-order valence-electron chi connectivity index (χ3n) is 3.46. The van der Waals surface area contributed by atoms with Crippen LogP contribution in [0.25, 0.3) is 6.08 Å². The number of anilines is 1. The van der Waals surface area contributed by atoms with Gasteiger partial charge in [0.25, 0.3) is 0 Å². The van der Waals surface area contributed by atoms with Gasteiger partial charge in [-0.2, -0.15) is 0 Å². The number of nitrogens with one attached hydrogen (secondary N) is 1. The lowest BCUT2D eigenvalue weighted by atomic mass is 10.1. The summed E-state index contributed by atoms with van der Waals surface area (Å²) in [6, 6.07) is 9.28. The summed E-state index contributed by atoms with van der Waals surface area (Å²) in [7, 11) is 0. The molecule has 0 saturated carbocycles. The van der Waals surface area contributed by atoms with E-state index in [-0.39, 0.29) is 5.91 Å². The van der Waals surface area contributed by atoms with Gasteiger partial charge < -0.3 is 9.73 Å². The van der Waals surface area contributed by atoms with Crippen LogP contribution in [-0.4, -0.2) is 21.1 Å². The predicted molar refractivity (Wildman–Crippen MR) is 95.1 cm³/mol. The summed E-state index contributed by atoms with van der Waals surface area (Å²) in [6.45, 7) is 0. The topological polar surface area (TPSA) is 80.9 Å². The zero-order valence-electron chi connectivity index (χ0n) is 13.2. The van der Waals surface area contributed by atoms with Crippen molar-refractivity contribution in [2.75, 3.05) is 5.32 Å². The highest BCUT2D eigenvalue weighted by atomic mass is 35.5. The van der Waals surface area contributed by atoms with E-state index in [1.54, 1.807) is 24.5 Å². The maximum Gasteiger partial charge on any atom is 0.248 e. The summed E-state index contributed by atoms with van der Waals surface area (Å²) >= 11 is 6.01. The van der Waals surface area contributed by atoms with Crippen LogP contribution in [0, 0.1) is 0 Å². The molecule has 25 heavy (non-hydrogen) atoms. The zero-order valence-corrected chi connectivity index (χ0v) is 14.0. The molecule has 3 rings (SSSR count). The number of nitrogens with zero attached hydrogens (tertiary/aromatic N) is 3. The number of pyridine rings is 1. The first-order chi connectivity index (χ1) is 12.2. The first kappa shape index (κ1) is 16.9. The Labute approximate surface area is 149 Å². The molecule has 6 nitrogen and oxygen atoms in total. The van der Waals surface area contributed by atoms with Gasteiger partial charge in [0.1, 0.15) is 0 Å². The van der Waals surface area contributed by atoms with Crippen LogP contribution in [0.4, 0.5) is 5.69 Å². The molecule has 2 aromatic heterocycles. The number of carbonyl (C=O) groups is 1. The second-order valence-electron chi connectivity index (χ2n) is 5.25. The number of hydrogen-bond acceptors (Lipinski definition) is 5. The molecular weight excluding hydrogens is 340 g/mol. The number of aryl methyl sites for hydroxylation is 2. The molecule has 3 aromatic rings. The molecule has 0 unspecified atom stereocenters. The minimum Gasteiger partial charge on any atom is -0.428 e. The highest BCUT2D eigenvalue weighted by Crippen LogP contribution is 2.15. The minimum absolute atomic E-state index is 0.237. The van der Waals surface area contributed by atoms with Crippen molar-refractivity contribution in [1.29, 1.82) is 0 Å². The number of hydrogen-bond donors (Lipinski definition) is 1. The van der Waals surface area contributed by atoms with Gasteiger partial charge in [-0.25, -0.2) is 0 Å². The molecule has 0 atom stereocenters. The molecule has 1 amide bonds. The van der Waals surface area contributed by atoms with Gasteiger partial charge in [0.05, 0.1) is 5.02 Å². The fraction of sp³-hybridized carbons (Fsp3) is 0.111. The summed E-state index contributed by atoms with van der Waals surface area (Å²) in [5, 5.41) is 10.8. The first-order valence-electron chi connectivity index (χ1n) is 7.63. The van der Waals surface area contributed by atoms with Gasteiger partial charge in [-0.15, -0.1) is 10.2 Å². The van der Waals surface area contributed by atoms with Gasteiger partial charge in [0.15, 0.2) is 0 Å². The molecule has 2 heterocycles. The number of benzene rings is 1. The van der Waals surface area contributed by atoms with E-state index in [0.29, 0.717) is 28.6 Å². The third-order valence-corrected chi connectivity index (χ3v) is 3.81. The third kappa shape index (κ3) is 4.99. The van der Waals surface area contributed by atoms with Crippen molar-refractivity contribution < 1.29 is 9.21 Å². The molecule has 0 aliphatic carbocycles. The zero-order chi connectivity index (χ0) is 17.5. The van der Waals surface area contributed by atoms with E-state index < -0.39 is 0 Å². The second kappa shape index (κ2) is 8.21. The molecule has 0 radical (unpaired) electrons. The Morgan fingerprint density at radius 2 is 2.04 bits per heavy atom. The van der Waals surface area contributed by atoms with E-state index in [9.17, 15) is 4.79 Å². The predicted octanol–water partition coefficient (Wildman–Crippen LogP) is 3.56. The molecule has 0 fully saturated rings. The Morgan fingerprint density at radius 3 is 2.76 bits per heavy atom. The lowest BCUT2D eigenvalue weighted by molar-refractivity contribution is -0.111. The second-order valence-corrected chi connectivity index (χ2v) is 5.66. The number of aromatic nitrogens is 3. The highest BCUT2D eigenvalue weighted by molar-refractivity contribution is 6.32. The fourth-order valence-corrected chi connectivity index (χ4v) is 2.34. The quantitative estimate of drug-likeness (QED) is 0.684. The summed E-state index contributed by atoms with van der Waals surface area (Å²) in [5.74, 6) is 0.370. The van der Waals surface area contributed by atoms with Crippen LogP contribution in [-0.2, 0) is 17.6 Å². The van der Waals surface area contributed by atoms with E-state index in [4.69, 9.17) is 16.0 Å². The van der Waals surface area contributed by atoms with Crippen LogP contribution in [0.3, 0.4) is 0 Å². The van der Waals surface area contributed by atoms with E-state index in [2.05, 4.69) is 20.5 Å². The molecule has 0 aliphatic heterocycles. The van der Waals surface area contributed by atoms with Crippen LogP contribution < -0.4 is 5.32 Å². The van der Waals surface area contributed by atoms with Crippen molar-refractivity contribution in [1.82, 2.24) is 15.2 Å². The Hall–Kier alpha value is -2.99. The van der Waals surface area contributed by atoms with Gasteiger partial charge in [0, 0.05) is 36.1 Å². The van der Waals surface area contributed by atoms with Gasteiger partial charge >= 0.3 is 0 Å². The van der Waals surface area contributed by atoms with E-state index in [1.165, 1.54) is 12.5 Å². The van der Waals surface area contributed by atoms with Gasteiger partial charge in [-0.3, -0.25) is 9.78 Å². The van der Waals surface area contributed by atoms with Crippen molar-refractivity contribution >= 4 is 29.3 Å². The van der Waals surface area contributed by atoms with Gasteiger partial charge in [-0.05, 0) is 36.3 Å². The SMILES string of the molecule is O=C(C=Cc1cnccc1Cl)Nc1ccc(CCc2nnco2)cc1. The van der Waals surface area contributed by atoms with Crippen molar-refractivity contribution in [2.45, 2.75) is 12.8 Å².